The smallest absolute Gasteiger partial charge is 0.135 e. The van der Waals surface area contributed by atoms with Crippen LogP contribution in [-0.4, -0.2) is 0 Å². The van der Waals surface area contributed by atoms with E-state index in [4.69, 9.17) is 4.42 Å². The second-order valence-corrected chi connectivity index (χ2v) is 16.2. The number of fused-ring (bicyclic) bond motifs is 6. The Morgan fingerprint density at radius 3 is 1.44 bits per heavy atom. The van der Waals surface area contributed by atoms with E-state index in [2.05, 4.69) is 219 Å². The second-order valence-electron chi connectivity index (χ2n) is 16.2. The summed E-state index contributed by atoms with van der Waals surface area (Å²) in [6, 6.07) is 76.9. The molecule has 1 heterocycles. The van der Waals surface area contributed by atoms with E-state index < -0.39 is 0 Å². The highest BCUT2D eigenvalue weighted by Crippen LogP contribution is 2.52. The molecule has 1 aromatic heterocycles. The minimum absolute atomic E-state index is 0.199. The van der Waals surface area contributed by atoms with Crippen molar-refractivity contribution in [3.63, 3.8) is 0 Å². The van der Waals surface area contributed by atoms with Gasteiger partial charge >= 0.3 is 0 Å². The van der Waals surface area contributed by atoms with Crippen molar-refractivity contribution in [1.29, 1.82) is 0 Å². The Bertz CT molecular complexity index is 3100. The summed E-state index contributed by atoms with van der Waals surface area (Å²) in [7, 11) is 0. The van der Waals surface area contributed by atoms with Crippen molar-refractivity contribution >= 4 is 39.0 Å². The first kappa shape index (κ1) is 34.8. The van der Waals surface area contributed by atoms with E-state index in [0.29, 0.717) is 0 Å². The Hall–Kier alpha value is -7.42. The average Bonchev–Trinajstić information content (AvgIpc) is 3.78. The molecule has 0 bridgehead atoms. The molecule has 0 atom stereocenters. The summed E-state index contributed by atoms with van der Waals surface area (Å²) >= 11 is 0. The lowest BCUT2D eigenvalue weighted by atomic mass is 9.81. The van der Waals surface area contributed by atoms with Crippen molar-refractivity contribution in [2.75, 3.05) is 4.90 Å². The molecule has 0 fully saturated rings. The molecule has 2 nitrogen and oxygen atoms in total. The van der Waals surface area contributed by atoms with Crippen molar-refractivity contribution < 1.29 is 4.42 Å². The van der Waals surface area contributed by atoms with Gasteiger partial charge in [0.2, 0.25) is 0 Å². The number of furan rings is 1. The molecule has 2 heteroatoms. The summed E-state index contributed by atoms with van der Waals surface area (Å²) < 4.78 is 6.15. The molecule has 0 radical (unpaired) electrons. The molecular weight excluding hydrogens is 715 g/mol. The van der Waals surface area contributed by atoms with E-state index >= 15 is 0 Å². The Balaban J connectivity index is 0.961. The second kappa shape index (κ2) is 13.9. The van der Waals surface area contributed by atoms with E-state index in [1.807, 2.05) is 12.1 Å². The Morgan fingerprint density at radius 1 is 0.322 bits per heavy atom. The number of nitrogens with zero attached hydrogens (tertiary/aromatic N) is 1. The van der Waals surface area contributed by atoms with E-state index in [-0.39, 0.29) is 5.41 Å². The first-order valence-corrected chi connectivity index (χ1v) is 20.4. The summed E-state index contributed by atoms with van der Waals surface area (Å²) in [4.78, 5) is 2.38. The summed E-state index contributed by atoms with van der Waals surface area (Å²) in [5.41, 5.74) is 19.9. The zero-order valence-electron chi connectivity index (χ0n) is 33.1. The van der Waals surface area contributed by atoms with Crippen molar-refractivity contribution in [3.8, 4) is 55.6 Å². The van der Waals surface area contributed by atoms with Gasteiger partial charge in [0.1, 0.15) is 11.2 Å². The minimum atomic E-state index is -0.199. The predicted octanol–water partition coefficient (Wildman–Crippen LogP) is 16.0. The maximum atomic E-state index is 6.15. The number of hydrogen-bond acceptors (Lipinski definition) is 2. The van der Waals surface area contributed by atoms with Gasteiger partial charge in [0.25, 0.3) is 0 Å². The third kappa shape index (κ3) is 6.04. The minimum Gasteiger partial charge on any atom is -0.456 e. The summed E-state index contributed by atoms with van der Waals surface area (Å²) in [6.07, 6.45) is 0. The van der Waals surface area contributed by atoms with Crippen LogP contribution >= 0.6 is 0 Å². The van der Waals surface area contributed by atoms with Gasteiger partial charge in [0, 0.05) is 33.2 Å². The predicted molar refractivity (Wildman–Crippen MR) is 248 cm³/mol. The largest absolute Gasteiger partial charge is 0.456 e. The molecule has 0 spiro atoms. The molecule has 11 rings (SSSR count). The molecule has 0 saturated heterocycles. The monoisotopic (exact) mass is 755 g/mol. The van der Waals surface area contributed by atoms with Gasteiger partial charge in [-0.25, -0.2) is 0 Å². The number of rotatable bonds is 7. The van der Waals surface area contributed by atoms with Gasteiger partial charge in [-0.15, -0.1) is 0 Å². The number of anilines is 3. The first-order valence-electron chi connectivity index (χ1n) is 20.4. The highest BCUT2D eigenvalue weighted by atomic mass is 16.3. The molecule has 0 unspecified atom stereocenters. The number of para-hydroxylation sites is 2. The van der Waals surface area contributed by atoms with Crippen LogP contribution in [0.25, 0.3) is 77.6 Å². The number of benzene rings is 9. The molecule has 0 amide bonds. The van der Waals surface area contributed by atoms with Crippen LogP contribution in [-0.2, 0) is 5.41 Å². The summed E-state index contributed by atoms with van der Waals surface area (Å²) in [6.45, 7) is 4.74. The first-order chi connectivity index (χ1) is 29.0. The van der Waals surface area contributed by atoms with Crippen molar-refractivity contribution in [1.82, 2.24) is 0 Å². The molecular formula is C57H41NO. The summed E-state index contributed by atoms with van der Waals surface area (Å²) in [5.74, 6) is 0. The Morgan fingerprint density at radius 2 is 0.780 bits per heavy atom. The topological polar surface area (TPSA) is 16.4 Å². The van der Waals surface area contributed by atoms with Crippen molar-refractivity contribution in [2.45, 2.75) is 19.3 Å². The van der Waals surface area contributed by atoms with Crippen LogP contribution in [0.5, 0.6) is 0 Å². The standard InChI is InChI=1S/C57H41NO/c1-57(2)53-36-42(41-25-31-56-52(35-41)51-20-12-13-21-55(51)59-56)24-29-49(53)50-30-28-48(37-54(50)57)58(46-18-10-5-11-19-46)47-26-22-40(23-27-47)45-33-43(38-14-6-3-7-15-38)32-44(34-45)39-16-8-4-9-17-39/h3-37H,1-2H3. The lowest BCUT2D eigenvalue weighted by Gasteiger charge is -2.28. The van der Waals surface area contributed by atoms with E-state index in [9.17, 15) is 0 Å². The molecule has 1 aliphatic rings. The van der Waals surface area contributed by atoms with E-state index in [1.54, 1.807) is 0 Å². The van der Waals surface area contributed by atoms with Gasteiger partial charge in [-0.1, -0.05) is 147 Å². The molecule has 10 aromatic rings. The quantitative estimate of drug-likeness (QED) is 0.161. The van der Waals surface area contributed by atoms with Crippen LogP contribution in [0.4, 0.5) is 17.1 Å². The third-order valence-corrected chi connectivity index (χ3v) is 12.2. The van der Waals surface area contributed by atoms with Gasteiger partial charge in [0.05, 0.1) is 0 Å². The SMILES string of the molecule is CC1(C)c2cc(-c3ccc4oc5ccccc5c4c3)ccc2-c2ccc(N(c3ccccc3)c3ccc(-c4cc(-c5ccccc5)cc(-c5ccccc5)c4)cc3)cc21. The van der Waals surface area contributed by atoms with Crippen LogP contribution in [0.2, 0.25) is 0 Å². The van der Waals surface area contributed by atoms with E-state index in [1.165, 1.54) is 66.8 Å². The van der Waals surface area contributed by atoms with Crippen LogP contribution in [0.3, 0.4) is 0 Å². The fourth-order valence-electron chi connectivity index (χ4n) is 9.17. The molecule has 280 valence electrons. The van der Waals surface area contributed by atoms with Gasteiger partial charge in [0.15, 0.2) is 0 Å². The van der Waals surface area contributed by atoms with Gasteiger partial charge in [-0.3, -0.25) is 0 Å². The van der Waals surface area contributed by atoms with Crippen LogP contribution in [0, 0.1) is 0 Å². The lowest BCUT2D eigenvalue weighted by molar-refractivity contribution is 0.660. The lowest BCUT2D eigenvalue weighted by Crippen LogP contribution is -2.16. The molecule has 0 aliphatic heterocycles. The van der Waals surface area contributed by atoms with Gasteiger partial charge < -0.3 is 9.32 Å². The molecule has 0 N–H and O–H groups in total. The van der Waals surface area contributed by atoms with E-state index in [0.717, 1.165) is 39.0 Å². The average molecular weight is 756 g/mol. The van der Waals surface area contributed by atoms with Gasteiger partial charge in [-0.05, 0) is 146 Å². The maximum Gasteiger partial charge on any atom is 0.135 e. The van der Waals surface area contributed by atoms with Crippen LogP contribution in [0.15, 0.2) is 217 Å². The zero-order chi connectivity index (χ0) is 39.5. The fourth-order valence-corrected chi connectivity index (χ4v) is 9.17. The molecule has 9 aromatic carbocycles. The highest BCUT2D eigenvalue weighted by molar-refractivity contribution is 6.06. The molecule has 1 aliphatic carbocycles. The van der Waals surface area contributed by atoms with Crippen LogP contribution in [0.1, 0.15) is 25.0 Å². The zero-order valence-corrected chi connectivity index (χ0v) is 33.1. The molecule has 0 saturated carbocycles. The van der Waals surface area contributed by atoms with Crippen molar-refractivity contribution in [2.24, 2.45) is 0 Å². The normalized spacial score (nSPS) is 12.7. The summed E-state index contributed by atoms with van der Waals surface area (Å²) in [5, 5.41) is 2.30. The highest BCUT2D eigenvalue weighted by Gasteiger charge is 2.36. The Labute approximate surface area is 345 Å². The Kier molecular flexibility index (Phi) is 8.20. The maximum absolute atomic E-state index is 6.15. The number of hydrogen-bond donors (Lipinski definition) is 0. The van der Waals surface area contributed by atoms with Crippen molar-refractivity contribution in [3.05, 3.63) is 223 Å². The van der Waals surface area contributed by atoms with Crippen LogP contribution < -0.4 is 4.90 Å². The molecule has 59 heavy (non-hydrogen) atoms. The fraction of sp³-hybridized carbons (Fsp3) is 0.0526. The third-order valence-electron chi connectivity index (χ3n) is 12.2. The van der Waals surface area contributed by atoms with Gasteiger partial charge in [-0.2, -0.15) is 0 Å².